The van der Waals surface area contributed by atoms with E-state index in [2.05, 4.69) is 6.92 Å². The molecule has 0 bridgehead atoms. The molecule has 23 heavy (non-hydrogen) atoms. The Morgan fingerprint density at radius 2 is 2.09 bits per heavy atom. The Kier molecular flexibility index (Phi) is 4.27. The Morgan fingerprint density at radius 1 is 1.30 bits per heavy atom. The molecule has 2 N–H and O–H groups in total. The average Bonchev–Trinajstić information content (AvgIpc) is 2.53. The summed E-state index contributed by atoms with van der Waals surface area (Å²) in [6.45, 7) is 2.91. The molecule has 2 atom stereocenters. The van der Waals surface area contributed by atoms with Crippen LogP contribution < -0.4 is 11.4 Å². The molecule has 0 spiro atoms. The number of fused-ring (bicyclic) bond motifs is 1. The van der Waals surface area contributed by atoms with Crippen LogP contribution in [0.15, 0.2) is 44.4 Å². The van der Waals surface area contributed by atoms with Gasteiger partial charge in [0.2, 0.25) is 10.0 Å². The van der Waals surface area contributed by atoms with Gasteiger partial charge in [-0.1, -0.05) is 6.92 Å². The largest absolute Gasteiger partial charge is 0.423 e. The Morgan fingerprint density at radius 3 is 2.83 bits per heavy atom. The topological polar surface area (TPSA) is 93.6 Å². The first kappa shape index (κ1) is 16.2. The van der Waals surface area contributed by atoms with Crippen LogP contribution in [0.25, 0.3) is 11.0 Å². The van der Waals surface area contributed by atoms with Gasteiger partial charge in [0.25, 0.3) is 0 Å². The Hall–Kier alpha value is -1.70. The van der Waals surface area contributed by atoms with E-state index < -0.39 is 15.6 Å². The van der Waals surface area contributed by atoms with Crippen molar-refractivity contribution in [1.82, 2.24) is 4.31 Å². The molecule has 2 aromatic rings. The van der Waals surface area contributed by atoms with Crippen LogP contribution in [0.3, 0.4) is 0 Å². The minimum Gasteiger partial charge on any atom is -0.423 e. The molecule has 1 aliphatic rings. The second-order valence-corrected chi connectivity index (χ2v) is 7.98. The summed E-state index contributed by atoms with van der Waals surface area (Å²) in [6.07, 6.45) is 1.61. The van der Waals surface area contributed by atoms with Crippen LogP contribution in [0.5, 0.6) is 0 Å². The van der Waals surface area contributed by atoms with E-state index in [1.807, 2.05) is 0 Å². The second kappa shape index (κ2) is 6.07. The molecule has 2 unspecified atom stereocenters. The highest BCUT2D eigenvalue weighted by atomic mass is 32.2. The molecular formula is C16H20N2O4S. The summed E-state index contributed by atoms with van der Waals surface area (Å²) in [5, 5.41) is 0.584. The zero-order valence-corrected chi connectivity index (χ0v) is 13.8. The third-order valence-corrected chi connectivity index (χ3v) is 6.34. The molecular weight excluding hydrogens is 316 g/mol. The molecule has 1 fully saturated rings. The molecule has 7 heteroatoms. The lowest BCUT2D eigenvalue weighted by Gasteiger charge is -2.36. The smallest absolute Gasteiger partial charge is 0.336 e. The maximum atomic E-state index is 13.0. The van der Waals surface area contributed by atoms with Crippen molar-refractivity contribution in [2.45, 2.75) is 30.7 Å². The molecule has 124 valence electrons. The molecule has 1 aromatic carbocycles. The van der Waals surface area contributed by atoms with Gasteiger partial charge in [0.05, 0.1) is 4.90 Å². The summed E-state index contributed by atoms with van der Waals surface area (Å²) in [6, 6.07) is 7.22. The van der Waals surface area contributed by atoms with Crippen LogP contribution in [0.1, 0.15) is 19.8 Å². The Labute approximate surface area is 134 Å². The van der Waals surface area contributed by atoms with E-state index in [4.69, 9.17) is 10.2 Å². The summed E-state index contributed by atoms with van der Waals surface area (Å²) in [5.41, 5.74) is 5.70. The van der Waals surface area contributed by atoms with Crippen molar-refractivity contribution in [3.63, 3.8) is 0 Å². The number of hydrogen-bond donors (Lipinski definition) is 1. The zero-order valence-electron chi connectivity index (χ0n) is 12.9. The van der Waals surface area contributed by atoms with Crippen molar-refractivity contribution >= 4 is 21.0 Å². The maximum absolute atomic E-state index is 13.0. The first-order chi connectivity index (χ1) is 10.9. The van der Waals surface area contributed by atoms with Crippen LogP contribution in [0.2, 0.25) is 0 Å². The second-order valence-electron chi connectivity index (χ2n) is 6.09. The Balaban J connectivity index is 2.01. The minimum atomic E-state index is -3.61. The number of benzene rings is 1. The molecule has 0 amide bonds. The molecule has 1 saturated heterocycles. The summed E-state index contributed by atoms with van der Waals surface area (Å²) in [7, 11) is -3.61. The number of hydrogen-bond acceptors (Lipinski definition) is 5. The fourth-order valence-electron chi connectivity index (χ4n) is 3.11. The van der Waals surface area contributed by atoms with Crippen molar-refractivity contribution in [1.29, 1.82) is 0 Å². The van der Waals surface area contributed by atoms with Gasteiger partial charge in [0, 0.05) is 30.6 Å². The average molecular weight is 336 g/mol. The lowest BCUT2D eigenvalue weighted by Crippen LogP contribution is -2.49. The van der Waals surface area contributed by atoms with Gasteiger partial charge >= 0.3 is 5.63 Å². The number of sulfonamides is 1. The third kappa shape index (κ3) is 3.04. The van der Waals surface area contributed by atoms with E-state index in [9.17, 15) is 13.2 Å². The van der Waals surface area contributed by atoms with Crippen LogP contribution >= 0.6 is 0 Å². The maximum Gasteiger partial charge on any atom is 0.336 e. The molecule has 2 heterocycles. The summed E-state index contributed by atoms with van der Waals surface area (Å²) < 4.78 is 32.5. The van der Waals surface area contributed by atoms with Crippen molar-refractivity contribution < 1.29 is 12.8 Å². The normalized spacial score (nSPS) is 23.2. The number of rotatable bonds is 3. The first-order valence-electron chi connectivity index (χ1n) is 7.67. The van der Waals surface area contributed by atoms with Crippen LogP contribution in [-0.4, -0.2) is 31.9 Å². The standard InChI is InChI=1S/C16H20N2O4S/c1-11-6-7-18(13(8-11)10-17)23(20,21)14-3-4-15-12(9-14)2-5-16(19)22-15/h2-5,9,11,13H,6-8,10,17H2,1H3. The SMILES string of the molecule is CC1CCN(S(=O)(=O)c2ccc3oc(=O)ccc3c2)C(CN)C1. The van der Waals surface area contributed by atoms with Crippen LogP contribution in [0.4, 0.5) is 0 Å². The zero-order chi connectivity index (χ0) is 16.6. The van der Waals surface area contributed by atoms with Crippen molar-refractivity contribution in [3.8, 4) is 0 Å². The summed E-state index contributed by atoms with van der Waals surface area (Å²) >= 11 is 0. The fraction of sp³-hybridized carbons (Fsp3) is 0.438. The predicted molar refractivity (Wildman–Crippen MR) is 87.6 cm³/mol. The first-order valence-corrected chi connectivity index (χ1v) is 9.11. The highest BCUT2D eigenvalue weighted by Gasteiger charge is 2.35. The van der Waals surface area contributed by atoms with E-state index >= 15 is 0 Å². The van der Waals surface area contributed by atoms with Gasteiger partial charge in [0.1, 0.15) is 5.58 Å². The molecule has 0 saturated carbocycles. The molecule has 1 aliphatic heterocycles. The molecule has 3 rings (SSSR count). The predicted octanol–water partition coefficient (Wildman–Crippen LogP) is 1.54. The lowest BCUT2D eigenvalue weighted by atomic mass is 9.94. The quantitative estimate of drug-likeness (QED) is 0.858. The van der Waals surface area contributed by atoms with Gasteiger partial charge in [-0.25, -0.2) is 13.2 Å². The van der Waals surface area contributed by atoms with Crippen LogP contribution in [-0.2, 0) is 10.0 Å². The third-order valence-electron chi connectivity index (χ3n) is 4.39. The van der Waals surface area contributed by atoms with E-state index in [1.54, 1.807) is 12.1 Å². The van der Waals surface area contributed by atoms with Crippen molar-refractivity contribution in [2.24, 2.45) is 11.7 Å². The van der Waals surface area contributed by atoms with Crippen LogP contribution in [0, 0.1) is 5.92 Å². The lowest BCUT2D eigenvalue weighted by molar-refractivity contribution is 0.211. The highest BCUT2D eigenvalue weighted by molar-refractivity contribution is 7.89. The Bertz CT molecular complexity index is 875. The number of nitrogens with zero attached hydrogens (tertiary/aromatic N) is 1. The van der Waals surface area contributed by atoms with E-state index in [1.165, 1.54) is 22.5 Å². The summed E-state index contributed by atoms with van der Waals surface area (Å²) in [4.78, 5) is 11.4. The van der Waals surface area contributed by atoms with E-state index in [-0.39, 0.29) is 10.9 Å². The van der Waals surface area contributed by atoms with Crippen molar-refractivity contribution in [2.75, 3.05) is 13.1 Å². The van der Waals surface area contributed by atoms with Gasteiger partial charge in [-0.05, 0) is 43.0 Å². The molecule has 1 aromatic heterocycles. The van der Waals surface area contributed by atoms with Gasteiger partial charge in [-0.2, -0.15) is 4.31 Å². The van der Waals surface area contributed by atoms with Crippen molar-refractivity contribution in [3.05, 3.63) is 40.8 Å². The molecule has 6 nitrogen and oxygen atoms in total. The van der Waals surface area contributed by atoms with E-state index in [0.717, 1.165) is 12.8 Å². The number of nitrogens with two attached hydrogens (primary N) is 1. The molecule has 0 radical (unpaired) electrons. The number of piperidine rings is 1. The molecule has 0 aliphatic carbocycles. The van der Waals surface area contributed by atoms with Gasteiger partial charge in [-0.3, -0.25) is 0 Å². The van der Waals surface area contributed by atoms with Gasteiger partial charge < -0.3 is 10.2 Å². The minimum absolute atomic E-state index is 0.173. The highest BCUT2D eigenvalue weighted by Crippen LogP contribution is 2.29. The fourth-order valence-corrected chi connectivity index (χ4v) is 4.80. The van der Waals surface area contributed by atoms with Gasteiger partial charge in [0.15, 0.2) is 0 Å². The summed E-state index contributed by atoms with van der Waals surface area (Å²) in [5.74, 6) is 0.473. The van der Waals surface area contributed by atoms with Gasteiger partial charge in [-0.15, -0.1) is 0 Å². The monoisotopic (exact) mass is 336 g/mol. The van der Waals surface area contributed by atoms with E-state index in [0.29, 0.717) is 30.0 Å².